The Bertz CT molecular complexity index is 1860. The highest BCUT2D eigenvalue weighted by Gasteiger charge is 2.32. The predicted molar refractivity (Wildman–Crippen MR) is 154 cm³/mol. The van der Waals surface area contributed by atoms with E-state index < -0.39 is 24.1 Å². The second kappa shape index (κ2) is 12.0. The molecule has 14 heteroatoms. The molecule has 1 N–H and O–H groups in total. The number of fused-ring (bicyclic) bond motifs is 2. The summed E-state index contributed by atoms with van der Waals surface area (Å²) in [6.07, 6.45) is 1.13. The highest BCUT2D eigenvalue weighted by atomic mass is 32.1. The quantitative estimate of drug-likeness (QED) is 0.264. The number of pyridine rings is 1. The molecule has 1 fully saturated rings. The van der Waals surface area contributed by atoms with Crippen molar-refractivity contribution in [2.24, 2.45) is 0 Å². The molecule has 1 amide bonds. The van der Waals surface area contributed by atoms with Gasteiger partial charge in [0.15, 0.2) is 17.7 Å². The second-order valence-electron chi connectivity index (χ2n) is 9.36. The number of hydrogen-bond acceptors (Lipinski definition) is 12. The zero-order valence-electron chi connectivity index (χ0n) is 22.9. The van der Waals surface area contributed by atoms with Gasteiger partial charge in [-0.1, -0.05) is 0 Å². The minimum absolute atomic E-state index is 0.0354. The van der Waals surface area contributed by atoms with Crippen LogP contribution < -0.4 is 19.5 Å². The Balaban J connectivity index is 1.24. The van der Waals surface area contributed by atoms with Gasteiger partial charge in [0.25, 0.3) is 0 Å². The van der Waals surface area contributed by atoms with Crippen molar-refractivity contribution in [2.45, 2.75) is 18.6 Å². The van der Waals surface area contributed by atoms with Crippen LogP contribution >= 0.6 is 11.3 Å². The van der Waals surface area contributed by atoms with E-state index in [-0.39, 0.29) is 12.4 Å². The molecular formula is C29H23FN6O6S. The molecule has 0 bridgehead atoms. The van der Waals surface area contributed by atoms with Gasteiger partial charge >= 0.3 is 6.09 Å². The normalized spacial score (nSPS) is 16.4. The SMILES string of the molecule is COc1ccc(NC(=O)OC2CCOCC2Oc2cc3sc(-c4cc(C#N)cc5nc(OC)cnc45)nc3cc2F)cn1. The number of thiazole rings is 1. The average Bonchev–Trinajstić information content (AvgIpc) is 3.44. The number of carbonyl (C=O) groups excluding carboxylic acids is 1. The van der Waals surface area contributed by atoms with E-state index in [4.69, 9.17) is 23.7 Å². The third kappa shape index (κ3) is 5.94. The zero-order valence-corrected chi connectivity index (χ0v) is 23.7. The zero-order chi connectivity index (χ0) is 29.9. The van der Waals surface area contributed by atoms with Crippen molar-refractivity contribution in [1.82, 2.24) is 19.9 Å². The molecular weight excluding hydrogens is 579 g/mol. The summed E-state index contributed by atoms with van der Waals surface area (Å²) in [5, 5.41) is 12.7. The molecule has 218 valence electrons. The largest absolute Gasteiger partial charge is 0.481 e. The van der Waals surface area contributed by atoms with Gasteiger partial charge in [0, 0.05) is 30.2 Å². The lowest BCUT2D eigenvalue weighted by Crippen LogP contribution is -2.44. The molecule has 1 aliphatic rings. The van der Waals surface area contributed by atoms with Crippen LogP contribution in [-0.2, 0) is 9.47 Å². The molecule has 5 aromatic rings. The lowest BCUT2D eigenvalue weighted by atomic mass is 10.1. The maximum absolute atomic E-state index is 15.3. The van der Waals surface area contributed by atoms with Gasteiger partial charge in [-0.3, -0.25) is 5.32 Å². The lowest BCUT2D eigenvalue weighted by molar-refractivity contribution is -0.0763. The molecule has 4 heterocycles. The van der Waals surface area contributed by atoms with Crippen molar-refractivity contribution in [3.8, 4) is 34.1 Å². The molecule has 6 rings (SSSR count). The highest BCUT2D eigenvalue weighted by Crippen LogP contribution is 2.37. The summed E-state index contributed by atoms with van der Waals surface area (Å²) in [5.41, 5.74) is 2.78. The van der Waals surface area contributed by atoms with Crippen molar-refractivity contribution >= 4 is 44.4 Å². The third-order valence-corrected chi connectivity index (χ3v) is 7.66. The molecule has 12 nitrogen and oxygen atoms in total. The first-order chi connectivity index (χ1) is 20.9. The summed E-state index contributed by atoms with van der Waals surface area (Å²) < 4.78 is 43.2. The van der Waals surface area contributed by atoms with Gasteiger partial charge in [-0.05, 0) is 18.2 Å². The summed E-state index contributed by atoms with van der Waals surface area (Å²) in [6, 6.07) is 11.5. The molecule has 0 spiro atoms. The fourth-order valence-electron chi connectivity index (χ4n) is 4.53. The molecule has 0 aliphatic carbocycles. The molecule has 1 aliphatic heterocycles. The number of methoxy groups -OCH3 is 2. The van der Waals surface area contributed by atoms with Gasteiger partial charge in [-0.2, -0.15) is 5.26 Å². The van der Waals surface area contributed by atoms with Gasteiger partial charge in [0.05, 0.1) is 78.4 Å². The second-order valence-corrected chi connectivity index (χ2v) is 10.4. The minimum Gasteiger partial charge on any atom is -0.481 e. The fraction of sp³-hybridized carbons (Fsp3) is 0.241. The number of anilines is 1. The molecule has 3 aromatic heterocycles. The Labute approximate surface area is 248 Å². The van der Waals surface area contributed by atoms with E-state index in [1.807, 2.05) is 0 Å². The van der Waals surface area contributed by atoms with Crippen molar-refractivity contribution in [1.29, 1.82) is 5.26 Å². The third-order valence-electron chi connectivity index (χ3n) is 6.61. The van der Waals surface area contributed by atoms with E-state index in [1.54, 1.807) is 30.3 Å². The Morgan fingerprint density at radius 1 is 1.07 bits per heavy atom. The number of aromatic nitrogens is 4. The van der Waals surface area contributed by atoms with E-state index >= 15 is 4.39 Å². The molecule has 2 atom stereocenters. The van der Waals surface area contributed by atoms with Crippen LogP contribution in [0.1, 0.15) is 12.0 Å². The van der Waals surface area contributed by atoms with Crippen molar-refractivity contribution in [3.63, 3.8) is 0 Å². The van der Waals surface area contributed by atoms with Crippen molar-refractivity contribution in [3.05, 3.63) is 60.2 Å². The summed E-state index contributed by atoms with van der Waals surface area (Å²) in [4.78, 5) is 30.1. The molecule has 0 saturated carbocycles. The standard InChI is InChI=1S/C29H23FN6O6S/c1-38-25-4-3-16(12-32-25)34-29(37)42-21-5-6-40-14-23(21)41-22-10-24-19(9-18(22)30)36-28(43-24)17-7-15(11-31)8-20-27(17)33-13-26(35-20)39-2/h3-4,7-10,12-13,21,23H,5-6,14H2,1-2H3,(H,34,37). The van der Waals surface area contributed by atoms with Crippen molar-refractivity contribution in [2.75, 3.05) is 32.8 Å². The molecule has 43 heavy (non-hydrogen) atoms. The number of ether oxygens (including phenoxy) is 5. The summed E-state index contributed by atoms with van der Waals surface area (Å²) in [5.74, 6) is 0.0439. The Kier molecular flexibility index (Phi) is 7.82. The number of hydrogen-bond donors (Lipinski definition) is 1. The van der Waals surface area contributed by atoms with E-state index in [1.165, 1.54) is 44.0 Å². The van der Waals surface area contributed by atoms with Crippen LogP contribution in [0.15, 0.2) is 48.8 Å². The van der Waals surface area contributed by atoms with E-state index in [9.17, 15) is 10.1 Å². The Morgan fingerprint density at radius 3 is 2.70 bits per heavy atom. The number of nitrogens with zero attached hydrogens (tertiary/aromatic N) is 5. The smallest absolute Gasteiger partial charge is 0.412 e. The van der Waals surface area contributed by atoms with Crippen LogP contribution in [0.3, 0.4) is 0 Å². The van der Waals surface area contributed by atoms with Gasteiger partial charge < -0.3 is 23.7 Å². The van der Waals surface area contributed by atoms with Crippen LogP contribution in [0.2, 0.25) is 0 Å². The lowest BCUT2D eigenvalue weighted by Gasteiger charge is -2.31. The number of carbonyl (C=O) groups is 1. The fourth-order valence-corrected chi connectivity index (χ4v) is 5.52. The molecule has 0 radical (unpaired) electrons. The maximum Gasteiger partial charge on any atom is 0.412 e. The monoisotopic (exact) mass is 602 g/mol. The number of halogens is 1. The van der Waals surface area contributed by atoms with Gasteiger partial charge in [-0.25, -0.2) is 29.1 Å². The topological polar surface area (TPSA) is 151 Å². The number of nitrogens with one attached hydrogen (secondary N) is 1. The maximum atomic E-state index is 15.3. The van der Waals surface area contributed by atoms with E-state index in [2.05, 4.69) is 31.3 Å². The Morgan fingerprint density at radius 2 is 1.93 bits per heavy atom. The average molecular weight is 603 g/mol. The Hall–Kier alpha value is -5.13. The number of rotatable bonds is 7. The minimum atomic E-state index is -0.755. The van der Waals surface area contributed by atoms with Crippen LogP contribution in [0.4, 0.5) is 14.9 Å². The van der Waals surface area contributed by atoms with E-state index in [0.717, 1.165) is 0 Å². The van der Waals surface area contributed by atoms with Crippen LogP contribution in [0.25, 0.3) is 31.8 Å². The van der Waals surface area contributed by atoms with Crippen LogP contribution in [-0.4, -0.2) is 65.7 Å². The number of nitriles is 1. The van der Waals surface area contributed by atoms with Gasteiger partial charge in [-0.15, -0.1) is 11.3 Å². The first-order valence-corrected chi connectivity index (χ1v) is 13.8. The number of benzene rings is 2. The molecule has 2 unspecified atom stereocenters. The molecule has 1 saturated heterocycles. The summed E-state index contributed by atoms with van der Waals surface area (Å²) in [6.45, 7) is 0.453. The van der Waals surface area contributed by atoms with Crippen molar-refractivity contribution < 1.29 is 32.9 Å². The number of amides is 1. The first-order valence-electron chi connectivity index (χ1n) is 13.0. The summed E-state index contributed by atoms with van der Waals surface area (Å²) in [7, 11) is 2.97. The van der Waals surface area contributed by atoms with Gasteiger partial charge in [0.1, 0.15) is 11.1 Å². The van der Waals surface area contributed by atoms with Crippen LogP contribution in [0.5, 0.6) is 17.5 Å². The van der Waals surface area contributed by atoms with Gasteiger partial charge in [0.2, 0.25) is 11.8 Å². The van der Waals surface area contributed by atoms with Crippen LogP contribution in [0, 0.1) is 17.1 Å². The van der Waals surface area contributed by atoms with E-state index in [0.29, 0.717) is 67.9 Å². The predicted octanol–water partition coefficient (Wildman–Crippen LogP) is 5.11. The first kappa shape index (κ1) is 28.0. The summed E-state index contributed by atoms with van der Waals surface area (Å²) >= 11 is 1.29. The molecule has 2 aromatic carbocycles. The highest BCUT2D eigenvalue weighted by molar-refractivity contribution is 7.21.